The molecule has 80 valence electrons. The molecule has 2 aromatic rings. The first-order valence-electron chi connectivity index (χ1n) is 5.68. The van der Waals surface area contributed by atoms with Gasteiger partial charge in [0, 0.05) is 17.8 Å². The minimum atomic E-state index is 0.312. The first-order chi connectivity index (χ1) is 7.95. The summed E-state index contributed by atoms with van der Waals surface area (Å²) in [7, 11) is 0. The van der Waals surface area contributed by atoms with Crippen LogP contribution in [0.4, 0.5) is 0 Å². The van der Waals surface area contributed by atoms with Gasteiger partial charge in [-0.15, -0.1) is 0 Å². The van der Waals surface area contributed by atoms with Crippen molar-refractivity contribution in [1.29, 1.82) is 0 Å². The zero-order valence-corrected chi connectivity index (χ0v) is 9.06. The van der Waals surface area contributed by atoms with Crippen molar-refractivity contribution in [3.63, 3.8) is 0 Å². The summed E-state index contributed by atoms with van der Waals surface area (Å²) in [4.78, 5) is 4.31. The summed E-state index contributed by atoms with van der Waals surface area (Å²) < 4.78 is 0. The summed E-state index contributed by atoms with van der Waals surface area (Å²) in [6.07, 6.45) is 9.48. The minimum absolute atomic E-state index is 0.312. The molecule has 1 aliphatic rings. The third-order valence-corrected chi connectivity index (χ3v) is 3.04. The maximum absolute atomic E-state index is 4.31. The van der Waals surface area contributed by atoms with Crippen molar-refractivity contribution in [3.8, 4) is 0 Å². The average molecular weight is 210 g/mol. The van der Waals surface area contributed by atoms with Crippen molar-refractivity contribution >= 4 is 10.8 Å². The van der Waals surface area contributed by atoms with E-state index in [0.717, 1.165) is 13.0 Å². The summed E-state index contributed by atoms with van der Waals surface area (Å²) in [6.45, 7) is 1.05. The number of benzene rings is 1. The van der Waals surface area contributed by atoms with Gasteiger partial charge in [-0.1, -0.05) is 36.4 Å². The number of rotatable bonds is 1. The van der Waals surface area contributed by atoms with Crippen LogP contribution in [0.25, 0.3) is 10.8 Å². The van der Waals surface area contributed by atoms with Crippen LogP contribution in [-0.2, 0) is 0 Å². The molecule has 1 N–H and O–H groups in total. The van der Waals surface area contributed by atoms with Gasteiger partial charge in [-0.05, 0) is 23.9 Å². The molecule has 0 bridgehead atoms. The number of fused-ring (bicyclic) bond motifs is 1. The van der Waals surface area contributed by atoms with Crippen LogP contribution >= 0.6 is 0 Å². The lowest BCUT2D eigenvalue weighted by atomic mass is 9.99. The molecule has 1 atom stereocenters. The highest BCUT2D eigenvalue weighted by Crippen LogP contribution is 2.25. The van der Waals surface area contributed by atoms with Gasteiger partial charge in [0.1, 0.15) is 0 Å². The number of pyridine rings is 1. The number of aromatic nitrogens is 1. The fraction of sp³-hybridized carbons (Fsp3) is 0.214. The zero-order chi connectivity index (χ0) is 10.8. The largest absolute Gasteiger partial charge is 0.306 e. The molecule has 0 amide bonds. The van der Waals surface area contributed by atoms with Crippen molar-refractivity contribution in [1.82, 2.24) is 10.3 Å². The second kappa shape index (κ2) is 4.06. The quantitative estimate of drug-likeness (QED) is 0.732. The van der Waals surface area contributed by atoms with Gasteiger partial charge < -0.3 is 5.32 Å². The average Bonchev–Trinajstić information content (AvgIpc) is 2.39. The van der Waals surface area contributed by atoms with E-state index in [2.05, 4.69) is 46.7 Å². The fourth-order valence-corrected chi connectivity index (χ4v) is 2.22. The SMILES string of the molecule is C1=CC(c2cncc3ccccc23)NCC1. The van der Waals surface area contributed by atoms with Gasteiger partial charge in [-0.3, -0.25) is 4.98 Å². The number of nitrogens with one attached hydrogen (secondary N) is 1. The number of nitrogens with zero attached hydrogens (tertiary/aromatic N) is 1. The normalized spacial score (nSPS) is 20.1. The minimum Gasteiger partial charge on any atom is -0.306 e. The molecule has 0 spiro atoms. The molecule has 0 fully saturated rings. The second-order valence-corrected chi connectivity index (χ2v) is 4.10. The highest BCUT2D eigenvalue weighted by Gasteiger charge is 2.12. The van der Waals surface area contributed by atoms with E-state index in [9.17, 15) is 0 Å². The Morgan fingerprint density at radius 3 is 3.00 bits per heavy atom. The van der Waals surface area contributed by atoms with E-state index >= 15 is 0 Å². The van der Waals surface area contributed by atoms with Crippen molar-refractivity contribution in [2.45, 2.75) is 12.5 Å². The Kier molecular flexibility index (Phi) is 2.43. The molecule has 16 heavy (non-hydrogen) atoms. The van der Waals surface area contributed by atoms with Crippen molar-refractivity contribution in [2.75, 3.05) is 6.54 Å². The molecule has 2 nitrogen and oxygen atoms in total. The van der Waals surface area contributed by atoms with Gasteiger partial charge in [0.25, 0.3) is 0 Å². The lowest BCUT2D eigenvalue weighted by Gasteiger charge is -2.19. The third-order valence-electron chi connectivity index (χ3n) is 3.04. The Morgan fingerprint density at radius 2 is 2.12 bits per heavy atom. The summed E-state index contributed by atoms with van der Waals surface area (Å²) in [5.74, 6) is 0. The molecule has 0 aliphatic carbocycles. The molecule has 1 unspecified atom stereocenters. The third kappa shape index (κ3) is 1.61. The van der Waals surface area contributed by atoms with E-state index in [0.29, 0.717) is 6.04 Å². The van der Waals surface area contributed by atoms with Crippen molar-refractivity contribution < 1.29 is 0 Å². The predicted molar refractivity (Wildman–Crippen MR) is 66.2 cm³/mol. The van der Waals surface area contributed by atoms with Crippen LogP contribution in [0, 0.1) is 0 Å². The second-order valence-electron chi connectivity index (χ2n) is 4.10. The summed E-state index contributed by atoms with van der Waals surface area (Å²) in [5.41, 5.74) is 1.27. The van der Waals surface area contributed by atoms with Crippen LogP contribution < -0.4 is 5.32 Å². The Labute approximate surface area is 95.0 Å². The van der Waals surface area contributed by atoms with Gasteiger partial charge in [0.2, 0.25) is 0 Å². The molecule has 1 aromatic heterocycles. The van der Waals surface area contributed by atoms with E-state index in [1.54, 1.807) is 0 Å². The number of hydrogen-bond acceptors (Lipinski definition) is 2. The molecule has 2 heterocycles. The topological polar surface area (TPSA) is 24.9 Å². The van der Waals surface area contributed by atoms with Crippen LogP contribution in [0.2, 0.25) is 0 Å². The Bertz CT molecular complexity index is 526. The van der Waals surface area contributed by atoms with E-state index in [1.807, 2.05) is 12.4 Å². The summed E-state index contributed by atoms with van der Waals surface area (Å²) in [6, 6.07) is 8.72. The first kappa shape index (κ1) is 9.55. The van der Waals surface area contributed by atoms with Crippen LogP contribution in [-0.4, -0.2) is 11.5 Å². The highest BCUT2D eigenvalue weighted by molar-refractivity contribution is 5.85. The molecular weight excluding hydrogens is 196 g/mol. The molecular formula is C14H14N2. The standard InChI is InChI=1S/C14H14N2/c1-2-6-12-11(5-1)9-15-10-13(12)14-7-3-4-8-16-14/h1-3,5-7,9-10,14,16H,4,8H2. The van der Waals surface area contributed by atoms with E-state index in [4.69, 9.17) is 0 Å². The van der Waals surface area contributed by atoms with Crippen molar-refractivity contribution in [3.05, 3.63) is 54.4 Å². The van der Waals surface area contributed by atoms with Crippen LogP contribution in [0.3, 0.4) is 0 Å². The molecule has 0 saturated carbocycles. The predicted octanol–water partition coefficient (Wildman–Crippen LogP) is 2.83. The molecule has 2 heteroatoms. The van der Waals surface area contributed by atoms with Crippen LogP contribution in [0.5, 0.6) is 0 Å². The van der Waals surface area contributed by atoms with Crippen LogP contribution in [0.1, 0.15) is 18.0 Å². The van der Waals surface area contributed by atoms with Gasteiger partial charge in [0.05, 0.1) is 6.04 Å². The summed E-state index contributed by atoms with van der Waals surface area (Å²) in [5, 5.41) is 6.00. The van der Waals surface area contributed by atoms with E-state index in [-0.39, 0.29) is 0 Å². The van der Waals surface area contributed by atoms with E-state index < -0.39 is 0 Å². The molecule has 3 rings (SSSR count). The molecule has 1 aliphatic heterocycles. The maximum Gasteiger partial charge on any atom is 0.0527 e. The van der Waals surface area contributed by atoms with Gasteiger partial charge in [-0.25, -0.2) is 0 Å². The first-order valence-corrected chi connectivity index (χ1v) is 5.68. The zero-order valence-electron chi connectivity index (χ0n) is 9.06. The maximum atomic E-state index is 4.31. The Morgan fingerprint density at radius 1 is 1.19 bits per heavy atom. The van der Waals surface area contributed by atoms with Gasteiger partial charge in [0.15, 0.2) is 0 Å². The molecule has 1 aromatic carbocycles. The molecule has 0 radical (unpaired) electrons. The van der Waals surface area contributed by atoms with Gasteiger partial charge >= 0.3 is 0 Å². The number of hydrogen-bond donors (Lipinski definition) is 1. The van der Waals surface area contributed by atoms with Crippen LogP contribution in [0.15, 0.2) is 48.8 Å². The van der Waals surface area contributed by atoms with Crippen molar-refractivity contribution in [2.24, 2.45) is 0 Å². The Hall–Kier alpha value is -1.67. The van der Waals surface area contributed by atoms with E-state index in [1.165, 1.54) is 16.3 Å². The molecule has 0 saturated heterocycles. The van der Waals surface area contributed by atoms with Gasteiger partial charge in [-0.2, -0.15) is 0 Å². The smallest absolute Gasteiger partial charge is 0.0527 e. The lowest BCUT2D eigenvalue weighted by molar-refractivity contribution is 0.603. The fourth-order valence-electron chi connectivity index (χ4n) is 2.22. The summed E-state index contributed by atoms with van der Waals surface area (Å²) >= 11 is 0. The lowest BCUT2D eigenvalue weighted by Crippen LogP contribution is -2.23. The monoisotopic (exact) mass is 210 g/mol. The highest BCUT2D eigenvalue weighted by atomic mass is 14.9. The Balaban J connectivity index is 2.15.